The van der Waals surface area contributed by atoms with Crippen LogP contribution in [0, 0.1) is 0 Å². The summed E-state index contributed by atoms with van der Waals surface area (Å²) < 4.78 is 0. The molecule has 0 aliphatic carbocycles. The molecule has 2 N–H and O–H groups in total. The Labute approximate surface area is 186 Å². The van der Waals surface area contributed by atoms with Crippen LogP contribution in [0.2, 0.25) is 0 Å². The first-order valence-electron chi connectivity index (χ1n) is 10.2. The van der Waals surface area contributed by atoms with Gasteiger partial charge in [-0.2, -0.15) is 0 Å². The predicted octanol–water partition coefficient (Wildman–Crippen LogP) is 6.52. The smallest absolute Gasteiger partial charge is 0.201 e. The lowest BCUT2D eigenvalue weighted by Crippen LogP contribution is -2.09. The van der Waals surface area contributed by atoms with Crippen molar-refractivity contribution in [2.75, 3.05) is 0 Å². The molecule has 1 aromatic rings. The highest BCUT2D eigenvalue weighted by Crippen LogP contribution is 2.23. The minimum atomic E-state index is -0.397. The topological polar surface area (TPSA) is 60.2 Å². The van der Waals surface area contributed by atoms with Gasteiger partial charge < -0.3 is 5.73 Å². The van der Waals surface area contributed by atoms with Gasteiger partial charge in [0.25, 0.3) is 0 Å². The number of benzene rings is 1. The van der Waals surface area contributed by atoms with Crippen molar-refractivity contribution < 1.29 is 9.59 Å². The molecule has 162 valence electrons. The Bertz CT molecular complexity index is 1010. The van der Waals surface area contributed by atoms with Crippen LogP contribution in [0.1, 0.15) is 51.7 Å². The zero-order valence-corrected chi connectivity index (χ0v) is 19.1. The molecule has 0 radical (unpaired) electrons. The molecule has 0 atom stereocenters. The SMILES string of the molecule is C=CC(/C=C(\N)C(=O)/C=C/C(C)=O)=C(/C)CC/C(C)=C\C(=C)c1cccc(C(=C)C)c1. The molecule has 3 heteroatoms. The third kappa shape index (κ3) is 8.83. The molecule has 1 rings (SSSR count). The Morgan fingerprint density at radius 1 is 0.968 bits per heavy atom. The van der Waals surface area contributed by atoms with Crippen molar-refractivity contribution in [2.45, 2.75) is 40.5 Å². The number of rotatable bonds is 11. The molecule has 0 aliphatic heterocycles. The average molecular weight is 416 g/mol. The van der Waals surface area contributed by atoms with Crippen LogP contribution in [0.15, 0.2) is 96.8 Å². The van der Waals surface area contributed by atoms with Gasteiger partial charge in [0.15, 0.2) is 5.78 Å². The Morgan fingerprint density at radius 2 is 1.61 bits per heavy atom. The predicted molar refractivity (Wildman–Crippen MR) is 133 cm³/mol. The van der Waals surface area contributed by atoms with Crippen LogP contribution in [0.25, 0.3) is 11.1 Å². The first kappa shape index (κ1) is 25.6. The Morgan fingerprint density at radius 3 is 2.19 bits per heavy atom. The zero-order valence-electron chi connectivity index (χ0n) is 19.1. The molecule has 0 saturated carbocycles. The summed E-state index contributed by atoms with van der Waals surface area (Å²) >= 11 is 0. The van der Waals surface area contributed by atoms with Gasteiger partial charge in [0, 0.05) is 0 Å². The molecule has 0 heterocycles. The molecule has 0 amide bonds. The summed E-state index contributed by atoms with van der Waals surface area (Å²) in [4.78, 5) is 23.0. The molecule has 0 spiro atoms. The van der Waals surface area contributed by atoms with Gasteiger partial charge in [0.05, 0.1) is 5.70 Å². The van der Waals surface area contributed by atoms with Crippen molar-refractivity contribution in [1.29, 1.82) is 0 Å². The fourth-order valence-corrected chi connectivity index (χ4v) is 2.85. The molecular formula is C28H33NO2. The summed E-state index contributed by atoms with van der Waals surface area (Å²) in [6, 6.07) is 8.20. The highest BCUT2D eigenvalue weighted by molar-refractivity contribution is 6.06. The van der Waals surface area contributed by atoms with Crippen LogP contribution < -0.4 is 5.73 Å². The zero-order chi connectivity index (χ0) is 23.6. The Hall–Kier alpha value is -3.46. The normalized spacial score (nSPS) is 13.0. The first-order valence-corrected chi connectivity index (χ1v) is 10.2. The van der Waals surface area contributed by atoms with Crippen molar-refractivity contribution in [3.8, 4) is 0 Å². The van der Waals surface area contributed by atoms with Gasteiger partial charge in [-0.3, -0.25) is 9.59 Å². The molecule has 31 heavy (non-hydrogen) atoms. The van der Waals surface area contributed by atoms with Gasteiger partial charge in [0.1, 0.15) is 0 Å². The number of nitrogens with two attached hydrogens (primary N) is 1. The summed E-state index contributed by atoms with van der Waals surface area (Å²) in [5, 5.41) is 0. The van der Waals surface area contributed by atoms with Crippen LogP contribution >= 0.6 is 0 Å². The monoisotopic (exact) mass is 415 g/mol. The lowest BCUT2D eigenvalue weighted by Gasteiger charge is -2.09. The van der Waals surface area contributed by atoms with E-state index in [0.29, 0.717) is 0 Å². The van der Waals surface area contributed by atoms with Crippen molar-refractivity contribution in [3.05, 3.63) is 108 Å². The fourth-order valence-electron chi connectivity index (χ4n) is 2.85. The summed E-state index contributed by atoms with van der Waals surface area (Å²) in [5.41, 5.74) is 13.2. The van der Waals surface area contributed by atoms with E-state index in [1.807, 2.05) is 32.0 Å². The number of ketones is 2. The minimum Gasteiger partial charge on any atom is -0.396 e. The van der Waals surface area contributed by atoms with Gasteiger partial charge in [-0.25, -0.2) is 0 Å². The lowest BCUT2D eigenvalue weighted by atomic mass is 9.97. The first-order chi connectivity index (χ1) is 14.5. The second-order valence-electron chi connectivity index (χ2n) is 7.72. The van der Waals surface area contributed by atoms with E-state index in [1.54, 1.807) is 12.2 Å². The van der Waals surface area contributed by atoms with Crippen LogP contribution in [0.4, 0.5) is 0 Å². The molecule has 0 bridgehead atoms. The second kappa shape index (κ2) is 12.3. The number of allylic oxidation sites excluding steroid dienone is 10. The van der Waals surface area contributed by atoms with Crippen molar-refractivity contribution in [1.82, 2.24) is 0 Å². The van der Waals surface area contributed by atoms with E-state index in [1.165, 1.54) is 24.6 Å². The molecule has 0 unspecified atom stereocenters. The summed E-state index contributed by atoms with van der Waals surface area (Å²) in [6.07, 6.45) is 9.42. The van der Waals surface area contributed by atoms with Crippen molar-refractivity contribution in [2.24, 2.45) is 5.73 Å². The summed E-state index contributed by atoms with van der Waals surface area (Å²) in [7, 11) is 0. The van der Waals surface area contributed by atoms with Crippen molar-refractivity contribution >= 4 is 22.7 Å². The maximum atomic E-state index is 12.0. The maximum absolute atomic E-state index is 12.0. The van der Waals surface area contributed by atoms with E-state index in [9.17, 15) is 9.59 Å². The highest BCUT2D eigenvalue weighted by atomic mass is 16.1. The van der Waals surface area contributed by atoms with Crippen LogP contribution in [0.5, 0.6) is 0 Å². The van der Waals surface area contributed by atoms with E-state index in [-0.39, 0.29) is 11.5 Å². The summed E-state index contributed by atoms with van der Waals surface area (Å²) in [5.74, 6) is -0.598. The molecule has 0 aliphatic rings. The third-order valence-corrected chi connectivity index (χ3v) is 4.82. The standard InChI is InChI=1S/C28H33NO2/c1-8-24(18-27(29)28(31)15-14-23(7)30)21(5)13-12-20(4)16-22(6)26-11-9-10-25(17-26)19(2)3/h8-11,14-18H,1-2,6,12-13,29H2,3-5,7H3/b15-14+,20-16-,24-21+,27-18-. The van der Waals surface area contributed by atoms with E-state index >= 15 is 0 Å². The van der Waals surface area contributed by atoms with Gasteiger partial charge in [-0.15, -0.1) is 0 Å². The molecule has 0 aromatic heterocycles. The number of hydrogen-bond acceptors (Lipinski definition) is 3. The van der Waals surface area contributed by atoms with Gasteiger partial charge in [-0.05, 0) is 87.1 Å². The number of hydrogen-bond donors (Lipinski definition) is 1. The maximum Gasteiger partial charge on any atom is 0.201 e. The van der Waals surface area contributed by atoms with E-state index in [0.717, 1.165) is 46.3 Å². The lowest BCUT2D eigenvalue weighted by molar-refractivity contribution is -0.114. The minimum absolute atomic E-state index is 0.0739. The fraction of sp³-hybridized carbons (Fsp3) is 0.214. The molecule has 1 aromatic carbocycles. The van der Waals surface area contributed by atoms with E-state index in [4.69, 9.17) is 5.73 Å². The number of carbonyl (C=O) groups excluding carboxylic acids is 2. The van der Waals surface area contributed by atoms with Crippen LogP contribution in [0.3, 0.4) is 0 Å². The third-order valence-electron chi connectivity index (χ3n) is 4.82. The highest BCUT2D eigenvalue weighted by Gasteiger charge is 2.05. The number of carbonyl (C=O) groups is 2. The van der Waals surface area contributed by atoms with Crippen LogP contribution in [-0.2, 0) is 9.59 Å². The second-order valence-corrected chi connectivity index (χ2v) is 7.72. The Kier molecular flexibility index (Phi) is 10.1. The van der Waals surface area contributed by atoms with Crippen LogP contribution in [-0.4, -0.2) is 11.6 Å². The summed E-state index contributed by atoms with van der Waals surface area (Å²) in [6.45, 7) is 19.5. The van der Waals surface area contributed by atoms with Gasteiger partial charge in [0.2, 0.25) is 5.78 Å². The molecule has 0 fully saturated rings. The van der Waals surface area contributed by atoms with E-state index in [2.05, 4.69) is 38.8 Å². The van der Waals surface area contributed by atoms with Gasteiger partial charge >= 0.3 is 0 Å². The largest absolute Gasteiger partial charge is 0.396 e. The molecular weight excluding hydrogens is 382 g/mol. The average Bonchev–Trinajstić information content (AvgIpc) is 2.73. The molecule has 0 saturated heterocycles. The van der Waals surface area contributed by atoms with Gasteiger partial charge in [-0.1, -0.05) is 66.8 Å². The van der Waals surface area contributed by atoms with Crippen molar-refractivity contribution in [3.63, 3.8) is 0 Å². The quantitative estimate of drug-likeness (QED) is 0.331. The molecule has 3 nitrogen and oxygen atoms in total. The Balaban J connectivity index is 2.90. The van der Waals surface area contributed by atoms with E-state index < -0.39 is 5.78 Å².